The lowest BCUT2D eigenvalue weighted by atomic mass is 10.2. The molecule has 5 aromatic rings. The van der Waals surface area contributed by atoms with E-state index >= 15 is 0 Å². The van der Waals surface area contributed by atoms with Gasteiger partial charge in [-0.1, -0.05) is 11.6 Å². The molecule has 4 N–H and O–H groups in total. The van der Waals surface area contributed by atoms with E-state index < -0.39 is 6.03 Å². The number of nitrogens with two attached hydrogens (primary N) is 1. The minimum Gasteiger partial charge on any atom is -0.464 e. The summed E-state index contributed by atoms with van der Waals surface area (Å²) in [6, 6.07) is 18.9. The van der Waals surface area contributed by atoms with Gasteiger partial charge in [-0.3, -0.25) is 9.59 Å². The molecule has 170 valence electrons. The van der Waals surface area contributed by atoms with E-state index in [1.807, 2.05) is 0 Å². The number of nitrogen functional groups attached to an aromatic ring is 1. The van der Waals surface area contributed by atoms with E-state index in [0.717, 1.165) is 0 Å². The third kappa shape index (κ3) is 5.43. The first kappa shape index (κ1) is 22.6. The van der Waals surface area contributed by atoms with Crippen LogP contribution in [0.4, 0.5) is 21.9 Å². The summed E-state index contributed by atoms with van der Waals surface area (Å²) in [7, 11) is 0. The molecule has 0 fully saturated rings. The lowest BCUT2D eigenvalue weighted by Crippen LogP contribution is -2.19. The molecule has 0 aliphatic heterocycles. The first-order chi connectivity index (χ1) is 16.4. The van der Waals surface area contributed by atoms with Gasteiger partial charge in [-0.2, -0.15) is 0 Å². The first-order valence-electron chi connectivity index (χ1n) is 10.0. The van der Waals surface area contributed by atoms with Crippen LogP contribution in [0.2, 0.25) is 5.02 Å². The highest BCUT2D eigenvalue weighted by atomic mass is 35.5. The van der Waals surface area contributed by atoms with Crippen LogP contribution in [0.15, 0.2) is 104 Å². The summed E-state index contributed by atoms with van der Waals surface area (Å²) in [4.78, 5) is 34.9. The van der Waals surface area contributed by atoms with Crippen LogP contribution in [0.1, 0.15) is 0 Å². The van der Waals surface area contributed by atoms with Crippen LogP contribution in [0.3, 0.4) is 0 Å². The number of fused-ring (bicyclic) bond motifs is 2. The molecule has 3 aromatic carbocycles. The van der Waals surface area contributed by atoms with Crippen molar-refractivity contribution in [3.8, 4) is 0 Å². The molecule has 0 saturated carbocycles. The molecule has 8 nitrogen and oxygen atoms in total. The maximum atomic E-state index is 11.9. The highest BCUT2D eigenvalue weighted by molar-refractivity contribution is 6.30. The highest BCUT2D eigenvalue weighted by Crippen LogP contribution is 2.17. The van der Waals surface area contributed by atoms with Crippen molar-refractivity contribution in [2.75, 3.05) is 16.4 Å². The molecule has 0 saturated heterocycles. The molecule has 5 rings (SSSR count). The van der Waals surface area contributed by atoms with Crippen LogP contribution in [0.5, 0.6) is 0 Å². The van der Waals surface area contributed by atoms with E-state index in [9.17, 15) is 14.4 Å². The third-order valence-corrected chi connectivity index (χ3v) is 4.95. The molecule has 0 atom stereocenters. The Kier molecular flexibility index (Phi) is 6.61. The number of halogens is 1. The summed E-state index contributed by atoms with van der Waals surface area (Å²) < 4.78 is 10.3. The van der Waals surface area contributed by atoms with Crippen molar-refractivity contribution in [1.29, 1.82) is 0 Å². The van der Waals surface area contributed by atoms with Gasteiger partial charge in [0.15, 0.2) is 10.9 Å². The maximum Gasteiger partial charge on any atom is 0.323 e. The summed E-state index contributed by atoms with van der Waals surface area (Å²) in [5.74, 6) is 0. The fourth-order valence-electron chi connectivity index (χ4n) is 3.09. The molecule has 0 bridgehead atoms. The minimum absolute atomic E-state index is 0.0662. The van der Waals surface area contributed by atoms with Crippen LogP contribution in [0, 0.1) is 0 Å². The second-order valence-corrected chi connectivity index (χ2v) is 7.56. The number of carbonyl (C=O) groups is 1. The van der Waals surface area contributed by atoms with Crippen molar-refractivity contribution in [2.45, 2.75) is 0 Å². The van der Waals surface area contributed by atoms with Crippen molar-refractivity contribution in [3.05, 3.63) is 111 Å². The quantitative estimate of drug-likeness (QED) is 0.291. The van der Waals surface area contributed by atoms with Crippen molar-refractivity contribution < 1.29 is 13.6 Å². The van der Waals surface area contributed by atoms with Gasteiger partial charge in [0.1, 0.15) is 11.2 Å². The number of nitrogens with one attached hydrogen (secondary N) is 2. The predicted octanol–water partition coefficient (Wildman–Crippen LogP) is 5.47. The number of anilines is 3. The average Bonchev–Trinajstić information content (AvgIpc) is 2.82. The second-order valence-electron chi connectivity index (χ2n) is 7.12. The fourth-order valence-corrected chi connectivity index (χ4v) is 3.22. The Morgan fingerprint density at radius 3 is 1.88 bits per heavy atom. The Labute approximate surface area is 197 Å². The fraction of sp³-hybridized carbons (Fsp3) is 0. The minimum atomic E-state index is -0.415. The number of hydrogen-bond donors (Lipinski definition) is 3. The summed E-state index contributed by atoms with van der Waals surface area (Å²) in [5, 5.41) is 6.86. The molecular weight excluding hydrogens is 458 g/mol. The monoisotopic (exact) mass is 475 g/mol. The van der Waals surface area contributed by atoms with E-state index in [0.29, 0.717) is 44.0 Å². The van der Waals surface area contributed by atoms with Gasteiger partial charge in [-0.25, -0.2) is 4.79 Å². The number of carbonyl (C=O) groups excluding carboxylic acids is 1. The Hall–Kier alpha value is -4.56. The van der Waals surface area contributed by atoms with Crippen molar-refractivity contribution in [3.63, 3.8) is 0 Å². The highest BCUT2D eigenvalue weighted by Gasteiger charge is 2.06. The molecule has 2 heterocycles. The van der Waals surface area contributed by atoms with Crippen molar-refractivity contribution in [1.82, 2.24) is 0 Å². The summed E-state index contributed by atoms with van der Waals surface area (Å²) >= 11 is 5.78. The van der Waals surface area contributed by atoms with Gasteiger partial charge in [-0.15, -0.1) is 0 Å². The largest absolute Gasteiger partial charge is 0.464 e. The van der Waals surface area contributed by atoms with Gasteiger partial charge < -0.3 is 25.2 Å². The van der Waals surface area contributed by atoms with Crippen LogP contribution in [0.25, 0.3) is 21.9 Å². The van der Waals surface area contributed by atoms with E-state index in [4.69, 9.17) is 26.2 Å². The zero-order chi connectivity index (χ0) is 24.1. The lowest BCUT2D eigenvalue weighted by Gasteiger charge is -2.08. The maximum absolute atomic E-state index is 11.9. The van der Waals surface area contributed by atoms with Crippen molar-refractivity contribution >= 4 is 56.6 Å². The molecule has 0 radical (unpaired) electrons. The summed E-state index contributed by atoms with van der Waals surface area (Å²) in [5.41, 5.74) is 8.00. The zero-order valence-electron chi connectivity index (χ0n) is 17.6. The molecule has 2 amide bonds. The number of benzene rings is 3. The topological polar surface area (TPSA) is 128 Å². The standard InChI is InChI=1S/C16H11ClN2O3.C9H7NO2/c17-10-1-3-11(4-2-10)18-16(21)19-12-5-6-15-13(9-12)14(20)7-8-22-15;10-6-1-2-9-7(5-6)8(11)3-4-12-9/h1-9H,(H2,18,19,21);1-5H,10H2. The Balaban J connectivity index is 0.000000192. The molecule has 0 spiro atoms. The third-order valence-electron chi connectivity index (χ3n) is 4.70. The molecule has 0 aliphatic rings. The molecular formula is C25H18ClN3O5. The van der Waals surface area contributed by atoms with Crippen molar-refractivity contribution in [2.24, 2.45) is 0 Å². The van der Waals surface area contributed by atoms with E-state index in [-0.39, 0.29) is 10.9 Å². The summed E-state index contributed by atoms with van der Waals surface area (Å²) in [6.45, 7) is 0. The predicted molar refractivity (Wildman–Crippen MR) is 133 cm³/mol. The Morgan fingerprint density at radius 2 is 1.24 bits per heavy atom. The van der Waals surface area contributed by atoms with E-state index in [2.05, 4.69) is 10.6 Å². The van der Waals surface area contributed by atoms with Crippen LogP contribution < -0.4 is 27.2 Å². The van der Waals surface area contributed by atoms with Gasteiger partial charge in [0.05, 0.1) is 23.3 Å². The normalized spacial score (nSPS) is 10.4. The molecule has 0 unspecified atom stereocenters. The number of hydrogen-bond acceptors (Lipinski definition) is 6. The van der Waals surface area contributed by atoms with Gasteiger partial charge >= 0.3 is 6.03 Å². The second kappa shape index (κ2) is 9.93. The van der Waals surface area contributed by atoms with Gasteiger partial charge in [-0.05, 0) is 60.7 Å². The summed E-state index contributed by atoms with van der Waals surface area (Å²) in [6.07, 6.45) is 2.71. The zero-order valence-corrected chi connectivity index (χ0v) is 18.3. The number of urea groups is 1. The van der Waals surface area contributed by atoms with E-state index in [1.54, 1.807) is 60.7 Å². The lowest BCUT2D eigenvalue weighted by molar-refractivity contribution is 0.262. The smallest absolute Gasteiger partial charge is 0.323 e. The number of rotatable bonds is 2. The van der Waals surface area contributed by atoms with Crippen LogP contribution in [-0.2, 0) is 0 Å². The Morgan fingerprint density at radius 1 is 0.706 bits per heavy atom. The van der Waals surface area contributed by atoms with Gasteiger partial charge in [0.25, 0.3) is 0 Å². The molecule has 2 aromatic heterocycles. The van der Waals surface area contributed by atoms with Gasteiger partial charge in [0.2, 0.25) is 0 Å². The van der Waals surface area contributed by atoms with Crippen LogP contribution >= 0.6 is 11.6 Å². The SMILES string of the molecule is Nc1ccc2occc(=O)c2c1.O=C(Nc1ccc(Cl)cc1)Nc1ccc2occc(=O)c2c1. The van der Waals surface area contributed by atoms with Crippen LogP contribution in [-0.4, -0.2) is 6.03 Å². The van der Waals surface area contributed by atoms with E-state index in [1.165, 1.54) is 24.7 Å². The molecule has 34 heavy (non-hydrogen) atoms. The average molecular weight is 476 g/mol. The number of amides is 2. The molecule has 0 aliphatic carbocycles. The molecule has 9 heteroatoms. The van der Waals surface area contributed by atoms with Gasteiger partial charge in [0, 0.05) is 34.2 Å². The Bertz CT molecular complexity index is 1590. The first-order valence-corrected chi connectivity index (χ1v) is 10.4.